The maximum atomic E-state index is 13.7. The summed E-state index contributed by atoms with van der Waals surface area (Å²) >= 11 is 0. The lowest BCUT2D eigenvalue weighted by Crippen LogP contribution is -3.15. The molecule has 4 aromatic carbocycles. The minimum Gasteiger partial charge on any atom is -0.331 e. The van der Waals surface area contributed by atoms with Crippen LogP contribution in [0.1, 0.15) is 37.8 Å². The van der Waals surface area contributed by atoms with Crippen LogP contribution in [0.25, 0.3) is 10.8 Å². The highest BCUT2D eigenvalue weighted by molar-refractivity contribution is 6.25. The van der Waals surface area contributed by atoms with Gasteiger partial charge in [-0.15, -0.1) is 0 Å². The molecule has 0 atom stereocenters. The Bertz CT molecular complexity index is 1400. The van der Waals surface area contributed by atoms with Crippen LogP contribution in [0.3, 0.4) is 0 Å². The number of carbonyl (C=O) groups excluding carboxylic acids is 3. The molecule has 6 rings (SSSR count). The van der Waals surface area contributed by atoms with Crippen LogP contribution in [-0.4, -0.2) is 66.8 Å². The molecule has 6 heteroatoms. The normalized spacial score (nSPS) is 15.9. The Labute approximate surface area is 222 Å². The standard InChI is InChI=1S/C32H29N3O3/c36-30-26-15-7-13-25-14-8-16-27(29(25)26)31(37)35(30)22-19-33-17-20-34(21-18-33)32(38)28(23-9-3-1-4-10-23)24-11-5-2-6-12-24/h1-16,28H,17-22H2/p+1. The lowest BCUT2D eigenvalue weighted by molar-refractivity contribution is -0.903. The van der Waals surface area contributed by atoms with E-state index < -0.39 is 0 Å². The summed E-state index contributed by atoms with van der Waals surface area (Å²) in [6, 6.07) is 31.1. The van der Waals surface area contributed by atoms with E-state index in [0.717, 1.165) is 35.0 Å². The van der Waals surface area contributed by atoms with Gasteiger partial charge in [0.05, 0.1) is 45.2 Å². The molecule has 0 unspecified atom stereocenters. The van der Waals surface area contributed by atoms with Crippen LogP contribution in [0.2, 0.25) is 0 Å². The average Bonchev–Trinajstić information content (AvgIpc) is 2.97. The number of imide groups is 1. The van der Waals surface area contributed by atoms with Gasteiger partial charge in [-0.2, -0.15) is 0 Å². The molecule has 38 heavy (non-hydrogen) atoms. The summed E-state index contributed by atoms with van der Waals surface area (Å²) in [6.07, 6.45) is 0. The number of hydrogen-bond acceptors (Lipinski definition) is 3. The van der Waals surface area contributed by atoms with Crippen molar-refractivity contribution < 1.29 is 19.3 Å². The van der Waals surface area contributed by atoms with E-state index in [4.69, 9.17) is 0 Å². The van der Waals surface area contributed by atoms with Crippen LogP contribution >= 0.6 is 0 Å². The van der Waals surface area contributed by atoms with Crippen molar-refractivity contribution in [1.29, 1.82) is 0 Å². The summed E-state index contributed by atoms with van der Waals surface area (Å²) in [5.41, 5.74) is 3.18. The van der Waals surface area contributed by atoms with Crippen molar-refractivity contribution in [2.24, 2.45) is 0 Å². The Balaban J connectivity index is 1.11. The van der Waals surface area contributed by atoms with E-state index in [2.05, 4.69) is 0 Å². The number of amides is 3. The lowest BCUT2D eigenvalue weighted by Gasteiger charge is -2.35. The van der Waals surface area contributed by atoms with E-state index in [-0.39, 0.29) is 23.6 Å². The number of nitrogens with one attached hydrogen (secondary N) is 1. The zero-order chi connectivity index (χ0) is 26.1. The predicted octanol–water partition coefficient (Wildman–Crippen LogP) is 3.00. The van der Waals surface area contributed by atoms with Crippen molar-refractivity contribution in [1.82, 2.24) is 9.80 Å². The maximum Gasteiger partial charge on any atom is 0.261 e. The largest absolute Gasteiger partial charge is 0.331 e. The van der Waals surface area contributed by atoms with Crippen molar-refractivity contribution in [3.63, 3.8) is 0 Å². The summed E-state index contributed by atoms with van der Waals surface area (Å²) in [5.74, 6) is -0.653. The Morgan fingerprint density at radius 2 is 1.24 bits per heavy atom. The number of benzene rings is 4. The molecule has 2 heterocycles. The van der Waals surface area contributed by atoms with Crippen molar-refractivity contribution in [2.45, 2.75) is 5.92 Å². The van der Waals surface area contributed by atoms with E-state index in [1.165, 1.54) is 9.80 Å². The maximum absolute atomic E-state index is 13.7. The van der Waals surface area contributed by atoms with Gasteiger partial charge in [0.15, 0.2) is 0 Å². The summed E-state index contributed by atoms with van der Waals surface area (Å²) in [5, 5.41) is 1.67. The SMILES string of the molecule is O=C(C(c1ccccc1)c1ccccc1)N1CC[NH+](CCN2C(=O)c3cccc4cccc(c34)C2=O)CC1. The molecular weight excluding hydrogens is 474 g/mol. The predicted molar refractivity (Wildman–Crippen MR) is 146 cm³/mol. The topological polar surface area (TPSA) is 62.1 Å². The molecule has 1 saturated heterocycles. The fourth-order valence-electron chi connectivity index (χ4n) is 5.80. The van der Waals surface area contributed by atoms with E-state index in [1.807, 2.05) is 89.8 Å². The van der Waals surface area contributed by atoms with E-state index >= 15 is 0 Å². The van der Waals surface area contributed by atoms with Crippen molar-refractivity contribution in [3.05, 3.63) is 119 Å². The Morgan fingerprint density at radius 3 is 1.76 bits per heavy atom. The second-order valence-electron chi connectivity index (χ2n) is 10.1. The molecule has 0 aliphatic carbocycles. The van der Waals surface area contributed by atoms with Gasteiger partial charge < -0.3 is 9.80 Å². The fraction of sp³-hybridized carbons (Fsp3) is 0.219. The van der Waals surface area contributed by atoms with Gasteiger partial charge in [0, 0.05) is 16.5 Å². The van der Waals surface area contributed by atoms with Crippen LogP contribution < -0.4 is 4.90 Å². The van der Waals surface area contributed by atoms with Gasteiger partial charge in [0.25, 0.3) is 11.8 Å². The molecule has 3 amide bonds. The molecule has 6 nitrogen and oxygen atoms in total. The Kier molecular flexibility index (Phi) is 6.48. The number of piperazine rings is 1. The quantitative estimate of drug-likeness (QED) is 0.411. The highest BCUT2D eigenvalue weighted by Gasteiger charge is 2.35. The van der Waals surface area contributed by atoms with Gasteiger partial charge >= 0.3 is 0 Å². The van der Waals surface area contributed by atoms with Gasteiger partial charge in [-0.05, 0) is 28.6 Å². The number of rotatable bonds is 6. The monoisotopic (exact) mass is 504 g/mol. The second-order valence-corrected chi connectivity index (χ2v) is 10.1. The van der Waals surface area contributed by atoms with Crippen LogP contribution in [-0.2, 0) is 4.79 Å². The van der Waals surface area contributed by atoms with Crippen LogP contribution in [0.15, 0.2) is 97.1 Å². The van der Waals surface area contributed by atoms with Crippen LogP contribution in [0.4, 0.5) is 0 Å². The van der Waals surface area contributed by atoms with Crippen molar-refractivity contribution >= 4 is 28.5 Å². The molecule has 0 saturated carbocycles. The van der Waals surface area contributed by atoms with Gasteiger partial charge in [0.2, 0.25) is 5.91 Å². The highest BCUT2D eigenvalue weighted by Crippen LogP contribution is 2.30. The molecular formula is C32H30N3O3+. The summed E-state index contributed by atoms with van der Waals surface area (Å²) in [4.78, 5) is 44.8. The first-order valence-electron chi connectivity index (χ1n) is 13.2. The van der Waals surface area contributed by atoms with Crippen molar-refractivity contribution in [2.75, 3.05) is 39.3 Å². The zero-order valence-corrected chi connectivity index (χ0v) is 21.2. The molecule has 0 bridgehead atoms. The number of hydrogen-bond donors (Lipinski definition) is 1. The number of quaternary nitrogens is 1. The number of carbonyl (C=O) groups is 3. The summed E-state index contributed by atoms with van der Waals surface area (Å²) < 4.78 is 0. The van der Waals surface area contributed by atoms with Gasteiger partial charge in [-0.1, -0.05) is 84.9 Å². The summed E-state index contributed by atoms with van der Waals surface area (Å²) in [6.45, 7) is 3.89. The smallest absolute Gasteiger partial charge is 0.261 e. The van der Waals surface area contributed by atoms with Crippen LogP contribution in [0.5, 0.6) is 0 Å². The van der Waals surface area contributed by atoms with Crippen LogP contribution in [0, 0.1) is 0 Å². The molecule has 2 aliphatic heterocycles. The van der Waals surface area contributed by atoms with Crippen molar-refractivity contribution in [3.8, 4) is 0 Å². The molecule has 190 valence electrons. The van der Waals surface area contributed by atoms with E-state index in [1.54, 1.807) is 12.1 Å². The molecule has 0 spiro atoms. The first-order valence-corrected chi connectivity index (χ1v) is 13.2. The third kappa shape index (κ3) is 4.37. The van der Waals surface area contributed by atoms with Gasteiger partial charge in [-0.3, -0.25) is 19.3 Å². The molecule has 4 aromatic rings. The molecule has 0 radical (unpaired) electrons. The third-order valence-corrected chi connectivity index (χ3v) is 7.84. The number of nitrogens with zero attached hydrogens (tertiary/aromatic N) is 2. The third-order valence-electron chi connectivity index (χ3n) is 7.84. The first-order chi connectivity index (χ1) is 18.6. The Hall–Kier alpha value is -4.29. The molecule has 1 fully saturated rings. The highest BCUT2D eigenvalue weighted by atomic mass is 16.2. The minimum absolute atomic E-state index is 0.118. The van der Waals surface area contributed by atoms with Gasteiger partial charge in [-0.25, -0.2) is 0 Å². The van der Waals surface area contributed by atoms with Gasteiger partial charge in [0.1, 0.15) is 0 Å². The first kappa shape index (κ1) is 24.1. The minimum atomic E-state index is -0.328. The molecule has 1 N–H and O–H groups in total. The fourth-order valence-corrected chi connectivity index (χ4v) is 5.80. The second kappa shape index (κ2) is 10.2. The molecule has 2 aliphatic rings. The Morgan fingerprint density at radius 1 is 0.711 bits per heavy atom. The zero-order valence-electron chi connectivity index (χ0n) is 21.2. The average molecular weight is 505 g/mol. The van der Waals surface area contributed by atoms with E-state index in [9.17, 15) is 14.4 Å². The molecule has 0 aromatic heterocycles. The summed E-state index contributed by atoms with van der Waals surface area (Å²) in [7, 11) is 0. The lowest BCUT2D eigenvalue weighted by atomic mass is 9.90. The van der Waals surface area contributed by atoms with E-state index in [0.29, 0.717) is 37.3 Å².